The highest BCUT2D eigenvalue weighted by Crippen LogP contribution is 2.49. The summed E-state index contributed by atoms with van der Waals surface area (Å²) in [5.41, 5.74) is 3.74. The summed E-state index contributed by atoms with van der Waals surface area (Å²) in [6.45, 7) is 0. The summed E-state index contributed by atoms with van der Waals surface area (Å²) in [7, 11) is 0. The van der Waals surface area contributed by atoms with Crippen LogP contribution < -0.4 is 4.74 Å². The molecule has 0 unspecified atom stereocenters. The van der Waals surface area contributed by atoms with E-state index in [-0.39, 0.29) is 11.9 Å². The molecule has 3 nitrogen and oxygen atoms in total. The molecule has 0 amide bonds. The van der Waals surface area contributed by atoms with Crippen molar-refractivity contribution in [3.63, 3.8) is 0 Å². The van der Waals surface area contributed by atoms with Gasteiger partial charge in [-0.2, -0.15) is 5.10 Å². The molecule has 5 rings (SSSR count). The molecule has 3 aromatic carbocycles. The summed E-state index contributed by atoms with van der Waals surface area (Å²) in [5.74, 6) is 0.566. The summed E-state index contributed by atoms with van der Waals surface area (Å²) >= 11 is 10.0. The fraction of sp³-hybridized carbons (Fsp3) is 0.136. The van der Waals surface area contributed by atoms with Crippen molar-refractivity contribution in [3.8, 4) is 5.75 Å². The van der Waals surface area contributed by atoms with E-state index in [4.69, 9.17) is 21.4 Å². The molecule has 28 heavy (non-hydrogen) atoms. The predicted octanol–water partition coefficient (Wildman–Crippen LogP) is 6.48. The lowest BCUT2D eigenvalue weighted by Crippen LogP contribution is -2.33. The Morgan fingerprint density at radius 1 is 1.04 bits per heavy atom. The zero-order chi connectivity index (χ0) is 19.3. The average molecular weight is 458 g/mol. The first-order valence-corrected chi connectivity index (χ1v) is 10.1. The van der Waals surface area contributed by atoms with E-state index in [1.54, 1.807) is 12.1 Å². The van der Waals surface area contributed by atoms with Crippen LogP contribution in [0.3, 0.4) is 0 Å². The van der Waals surface area contributed by atoms with E-state index in [9.17, 15) is 4.39 Å². The number of hydrazone groups is 1. The van der Waals surface area contributed by atoms with E-state index < -0.39 is 6.23 Å². The van der Waals surface area contributed by atoms with Gasteiger partial charge in [-0.05, 0) is 42.0 Å². The second-order valence-electron chi connectivity index (χ2n) is 6.83. The number of ether oxygens (including phenoxy) is 1. The van der Waals surface area contributed by atoms with Crippen molar-refractivity contribution in [2.45, 2.75) is 18.7 Å². The van der Waals surface area contributed by atoms with Gasteiger partial charge in [-0.3, -0.25) is 0 Å². The minimum atomic E-state index is -0.426. The maximum absolute atomic E-state index is 13.3. The van der Waals surface area contributed by atoms with Crippen LogP contribution in [0, 0.1) is 5.82 Å². The number of fused-ring (bicyclic) bond motifs is 3. The van der Waals surface area contributed by atoms with Gasteiger partial charge in [0.2, 0.25) is 6.23 Å². The van der Waals surface area contributed by atoms with Gasteiger partial charge < -0.3 is 4.74 Å². The third-order valence-corrected chi connectivity index (χ3v) is 5.94. The van der Waals surface area contributed by atoms with Crippen molar-refractivity contribution in [2.75, 3.05) is 0 Å². The van der Waals surface area contributed by atoms with Gasteiger partial charge in [-0.15, -0.1) is 0 Å². The molecule has 0 fully saturated rings. The lowest BCUT2D eigenvalue weighted by molar-refractivity contribution is -0.0190. The quantitative estimate of drug-likeness (QED) is 0.440. The number of nitrogens with zero attached hydrogens (tertiary/aromatic N) is 2. The Bertz CT molecular complexity index is 1090. The molecule has 2 aliphatic heterocycles. The average Bonchev–Trinajstić information content (AvgIpc) is 3.14. The third-order valence-electron chi connectivity index (χ3n) is 5.10. The molecular weight excluding hydrogens is 443 g/mol. The molecule has 0 spiro atoms. The van der Waals surface area contributed by atoms with Crippen LogP contribution in [0.25, 0.3) is 0 Å². The highest BCUT2D eigenvalue weighted by Gasteiger charge is 2.41. The van der Waals surface area contributed by atoms with Crippen LogP contribution in [0.5, 0.6) is 5.75 Å². The molecule has 2 atom stereocenters. The van der Waals surface area contributed by atoms with Crippen molar-refractivity contribution in [1.29, 1.82) is 0 Å². The monoisotopic (exact) mass is 456 g/mol. The fourth-order valence-corrected chi connectivity index (χ4v) is 4.36. The van der Waals surface area contributed by atoms with E-state index in [0.29, 0.717) is 11.4 Å². The summed E-state index contributed by atoms with van der Waals surface area (Å²) < 4.78 is 20.7. The van der Waals surface area contributed by atoms with E-state index in [1.165, 1.54) is 12.1 Å². The molecule has 0 radical (unpaired) electrons. The molecule has 0 saturated heterocycles. The first-order chi connectivity index (χ1) is 13.6. The van der Waals surface area contributed by atoms with Gasteiger partial charge in [0.25, 0.3) is 0 Å². The summed E-state index contributed by atoms with van der Waals surface area (Å²) in [6.07, 6.45) is 0.282. The standard InChI is InChI=1S/C22H15BrClFN2O/c23-14-7-10-21-17(11-14)20-12-19(13-5-8-15(25)9-6-13)26-27(20)22(28-21)16-3-1-2-4-18(16)24/h1-11,20,22H,12H2/t20-,22-/m0/s1. The molecule has 0 saturated carbocycles. The molecule has 2 heterocycles. The van der Waals surface area contributed by atoms with Crippen molar-refractivity contribution >= 4 is 33.2 Å². The Hall–Kier alpha value is -2.37. The number of hydrogen-bond acceptors (Lipinski definition) is 3. The lowest BCUT2D eigenvalue weighted by Gasteiger charge is -2.38. The zero-order valence-corrected chi connectivity index (χ0v) is 17.0. The summed E-state index contributed by atoms with van der Waals surface area (Å²) in [5, 5.41) is 7.47. The largest absolute Gasteiger partial charge is 0.464 e. The van der Waals surface area contributed by atoms with Gasteiger partial charge in [0.1, 0.15) is 11.6 Å². The van der Waals surface area contributed by atoms with Gasteiger partial charge in [0, 0.05) is 27.0 Å². The Morgan fingerprint density at radius 2 is 1.82 bits per heavy atom. The van der Waals surface area contributed by atoms with Crippen LogP contribution >= 0.6 is 27.5 Å². The van der Waals surface area contributed by atoms with E-state index >= 15 is 0 Å². The number of halogens is 3. The normalized spacial score (nSPS) is 20.2. The van der Waals surface area contributed by atoms with Crippen LogP contribution in [0.4, 0.5) is 4.39 Å². The van der Waals surface area contributed by atoms with Crippen LogP contribution in [0.1, 0.15) is 35.4 Å². The Kier molecular flexibility index (Phi) is 4.37. The highest BCUT2D eigenvalue weighted by atomic mass is 79.9. The molecular formula is C22H15BrClFN2O. The number of rotatable bonds is 2. The van der Waals surface area contributed by atoms with Gasteiger partial charge >= 0.3 is 0 Å². The second kappa shape index (κ2) is 6.90. The van der Waals surface area contributed by atoms with Crippen molar-refractivity contribution in [3.05, 3.63) is 98.7 Å². The minimum Gasteiger partial charge on any atom is -0.464 e. The Balaban J connectivity index is 1.62. The maximum Gasteiger partial charge on any atom is 0.215 e. The van der Waals surface area contributed by atoms with Gasteiger partial charge in [-0.1, -0.05) is 57.9 Å². The van der Waals surface area contributed by atoms with Crippen LogP contribution in [0.15, 0.2) is 76.3 Å². The van der Waals surface area contributed by atoms with Gasteiger partial charge in [0.05, 0.1) is 11.8 Å². The van der Waals surface area contributed by atoms with Crippen LogP contribution in [-0.4, -0.2) is 10.7 Å². The molecule has 6 heteroatoms. The van der Waals surface area contributed by atoms with E-state index in [2.05, 4.69) is 22.0 Å². The topological polar surface area (TPSA) is 24.8 Å². The molecule has 140 valence electrons. The molecule has 0 N–H and O–H groups in total. The van der Waals surface area contributed by atoms with E-state index in [1.807, 2.05) is 41.4 Å². The molecule has 0 aliphatic carbocycles. The molecule has 3 aromatic rings. The zero-order valence-electron chi connectivity index (χ0n) is 14.6. The first-order valence-electron chi connectivity index (χ1n) is 8.92. The summed E-state index contributed by atoms with van der Waals surface area (Å²) in [6, 6.07) is 20.1. The van der Waals surface area contributed by atoms with Crippen molar-refractivity contribution < 1.29 is 9.13 Å². The summed E-state index contributed by atoms with van der Waals surface area (Å²) in [4.78, 5) is 0. The lowest BCUT2D eigenvalue weighted by atomic mass is 9.96. The third kappa shape index (κ3) is 2.99. The van der Waals surface area contributed by atoms with Crippen LogP contribution in [0.2, 0.25) is 5.02 Å². The number of benzene rings is 3. The Labute approximate surface area is 175 Å². The van der Waals surface area contributed by atoms with E-state index in [0.717, 1.165) is 32.6 Å². The fourth-order valence-electron chi connectivity index (χ4n) is 3.76. The molecule has 0 aromatic heterocycles. The highest BCUT2D eigenvalue weighted by molar-refractivity contribution is 9.10. The first kappa shape index (κ1) is 17.7. The minimum absolute atomic E-state index is 0.0163. The van der Waals surface area contributed by atoms with Gasteiger partial charge in [0.15, 0.2) is 0 Å². The smallest absolute Gasteiger partial charge is 0.215 e. The predicted molar refractivity (Wildman–Crippen MR) is 111 cm³/mol. The second-order valence-corrected chi connectivity index (χ2v) is 8.15. The Morgan fingerprint density at radius 3 is 2.61 bits per heavy atom. The maximum atomic E-state index is 13.3. The van der Waals surface area contributed by atoms with Crippen molar-refractivity contribution in [1.82, 2.24) is 5.01 Å². The van der Waals surface area contributed by atoms with Crippen LogP contribution in [-0.2, 0) is 0 Å². The van der Waals surface area contributed by atoms with Crippen molar-refractivity contribution in [2.24, 2.45) is 5.10 Å². The molecule has 2 aliphatic rings. The van der Waals surface area contributed by atoms with Gasteiger partial charge in [-0.25, -0.2) is 9.40 Å². The molecule has 0 bridgehead atoms. The number of hydrogen-bond donors (Lipinski definition) is 0. The SMILES string of the molecule is Fc1ccc(C2=NN3[C@@H](C2)c2cc(Br)ccc2O[C@H]3c2ccccc2Cl)cc1.